The predicted octanol–water partition coefficient (Wildman–Crippen LogP) is 10.3. The van der Waals surface area contributed by atoms with Gasteiger partial charge in [0.2, 0.25) is 0 Å². The zero-order valence-corrected chi connectivity index (χ0v) is 22.4. The predicted molar refractivity (Wildman–Crippen MR) is 160 cm³/mol. The molecule has 0 N–H and O–H groups in total. The van der Waals surface area contributed by atoms with E-state index in [1.807, 2.05) is 0 Å². The first-order chi connectivity index (χ1) is 17.8. The number of hydrogen-bond acceptors (Lipinski definition) is 0. The molecule has 0 saturated heterocycles. The Hall–Kier alpha value is -3.90. The van der Waals surface area contributed by atoms with E-state index in [-0.39, 0.29) is 5.41 Å². The third kappa shape index (κ3) is 3.22. The van der Waals surface area contributed by atoms with Gasteiger partial charge in [0, 0.05) is 5.41 Å². The van der Waals surface area contributed by atoms with Crippen LogP contribution in [0.3, 0.4) is 0 Å². The Morgan fingerprint density at radius 3 is 1.70 bits per heavy atom. The second-order valence-corrected chi connectivity index (χ2v) is 11.7. The van der Waals surface area contributed by atoms with Gasteiger partial charge >= 0.3 is 0 Å². The molecule has 0 aromatic heterocycles. The molecule has 0 nitrogen and oxygen atoms in total. The molecule has 0 aliphatic heterocycles. The van der Waals surface area contributed by atoms with E-state index >= 15 is 0 Å². The second kappa shape index (κ2) is 7.80. The highest BCUT2D eigenvalue weighted by molar-refractivity contribution is 6.21. The van der Waals surface area contributed by atoms with Gasteiger partial charge in [0.05, 0.1) is 0 Å². The largest absolute Gasteiger partial charge is 0.0686 e. The standard InChI is InChI=1S/C37H32/c1-22-16-23(2)18-26(17-22)36-30-12-8-6-10-28(30)35(29-11-7-9-13-31(29)36)25-14-15-27-32-19-24(3)20-33(32)37(4,5)34(27)21-25/h6-18,20-21H,19H2,1-5H3. The molecule has 2 aliphatic rings. The van der Waals surface area contributed by atoms with Gasteiger partial charge in [0.15, 0.2) is 0 Å². The van der Waals surface area contributed by atoms with E-state index in [4.69, 9.17) is 0 Å². The van der Waals surface area contributed by atoms with Crippen LogP contribution in [0, 0.1) is 13.8 Å². The highest BCUT2D eigenvalue weighted by Crippen LogP contribution is 2.53. The van der Waals surface area contributed by atoms with Gasteiger partial charge in [0.25, 0.3) is 0 Å². The maximum Gasteiger partial charge on any atom is 0.0155 e. The van der Waals surface area contributed by atoms with E-state index in [9.17, 15) is 0 Å². The molecule has 0 heteroatoms. The van der Waals surface area contributed by atoms with Crippen LogP contribution in [-0.4, -0.2) is 0 Å². The lowest BCUT2D eigenvalue weighted by Crippen LogP contribution is -2.16. The Balaban J connectivity index is 1.54. The zero-order chi connectivity index (χ0) is 25.5. The van der Waals surface area contributed by atoms with Crippen molar-refractivity contribution in [3.05, 3.63) is 124 Å². The first-order valence-electron chi connectivity index (χ1n) is 13.4. The maximum atomic E-state index is 2.49. The summed E-state index contributed by atoms with van der Waals surface area (Å²) in [7, 11) is 0. The van der Waals surface area contributed by atoms with E-state index in [1.54, 1.807) is 0 Å². The Kier molecular flexibility index (Phi) is 4.70. The molecule has 5 aromatic carbocycles. The van der Waals surface area contributed by atoms with Gasteiger partial charge in [-0.3, -0.25) is 0 Å². The summed E-state index contributed by atoms with van der Waals surface area (Å²) in [6.45, 7) is 11.4. The summed E-state index contributed by atoms with van der Waals surface area (Å²) in [6.07, 6.45) is 3.51. The summed E-state index contributed by atoms with van der Waals surface area (Å²) >= 11 is 0. The lowest BCUT2D eigenvalue weighted by atomic mass is 9.79. The van der Waals surface area contributed by atoms with Crippen LogP contribution in [0.4, 0.5) is 0 Å². The molecule has 0 unspecified atom stereocenters. The number of aryl methyl sites for hydroxylation is 2. The Labute approximate surface area is 220 Å². The molecule has 7 rings (SSSR count). The molecule has 0 spiro atoms. The summed E-state index contributed by atoms with van der Waals surface area (Å²) in [6, 6.07) is 32.1. The van der Waals surface area contributed by atoms with Crippen molar-refractivity contribution in [2.45, 2.75) is 46.5 Å². The number of benzene rings is 5. The molecule has 180 valence electrons. The Morgan fingerprint density at radius 2 is 1.14 bits per heavy atom. The molecule has 2 aliphatic carbocycles. The van der Waals surface area contributed by atoms with Crippen molar-refractivity contribution >= 4 is 27.1 Å². The van der Waals surface area contributed by atoms with Crippen molar-refractivity contribution in [2.24, 2.45) is 0 Å². The molecule has 0 amide bonds. The second-order valence-electron chi connectivity index (χ2n) is 11.7. The summed E-state index contributed by atoms with van der Waals surface area (Å²) in [5.74, 6) is 0. The zero-order valence-electron chi connectivity index (χ0n) is 22.4. The fourth-order valence-electron chi connectivity index (χ4n) is 7.05. The molecule has 0 bridgehead atoms. The summed E-state index contributed by atoms with van der Waals surface area (Å²) in [5.41, 5.74) is 15.4. The van der Waals surface area contributed by atoms with Gasteiger partial charge < -0.3 is 0 Å². The van der Waals surface area contributed by atoms with Crippen molar-refractivity contribution in [3.63, 3.8) is 0 Å². The van der Waals surface area contributed by atoms with Crippen LogP contribution in [0.2, 0.25) is 0 Å². The molecular weight excluding hydrogens is 444 g/mol. The van der Waals surface area contributed by atoms with Crippen molar-refractivity contribution < 1.29 is 0 Å². The van der Waals surface area contributed by atoms with Gasteiger partial charge in [-0.15, -0.1) is 0 Å². The Morgan fingerprint density at radius 1 is 0.595 bits per heavy atom. The van der Waals surface area contributed by atoms with Crippen LogP contribution in [0.1, 0.15) is 49.4 Å². The molecular formula is C37H32. The molecule has 0 fully saturated rings. The van der Waals surface area contributed by atoms with Crippen molar-refractivity contribution in [2.75, 3.05) is 0 Å². The first-order valence-corrected chi connectivity index (χ1v) is 13.4. The van der Waals surface area contributed by atoms with Gasteiger partial charge in [-0.2, -0.15) is 0 Å². The Bertz CT molecular complexity index is 1760. The van der Waals surface area contributed by atoms with E-state index in [0.717, 1.165) is 6.42 Å². The van der Waals surface area contributed by atoms with Crippen molar-refractivity contribution in [3.8, 4) is 22.3 Å². The quantitative estimate of drug-likeness (QED) is 0.222. The minimum Gasteiger partial charge on any atom is -0.0686 e. The number of fused-ring (bicyclic) bond motifs is 4. The van der Waals surface area contributed by atoms with Crippen LogP contribution >= 0.6 is 0 Å². The van der Waals surface area contributed by atoms with Crippen LogP contribution in [0.15, 0.2) is 102 Å². The molecule has 0 atom stereocenters. The topological polar surface area (TPSA) is 0 Å². The first kappa shape index (κ1) is 22.3. The third-order valence-electron chi connectivity index (χ3n) is 8.59. The minimum atomic E-state index is 0.0308. The van der Waals surface area contributed by atoms with Crippen LogP contribution in [-0.2, 0) is 5.41 Å². The molecule has 0 radical (unpaired) electrons. The monoisotopic (exact) mass is 476 g/mol. The SMILES string of the molecule is CC1=CC2=C(C1)c1ccc(-c3c4ccccc4c(-c4cc(C)cc(C)c4)c4ccccc34)cc1C2(C)C. The van der Waals surface area contributed by atoms with Crippen LogP contribution in [0.5, 0.6) is 0 Å². The number of rotatable bonds is 2. The molecule has 0 saturated carbocycles. The highest BCUT2D eigenvalue weighted by atomic mass is 14.4. The van der Waals surface area contributed by atoms with Gasteiger partial charge in [-0.05, 0) is 99.3 Å². The summed E-state index contributed by atoms with van der Waals surface area (Å²) in [4.78, 5) is 0. The molecule has 0 heterocycles. The number of allylic oxidation sites excluding steroid dienone is 4. The molecule has 37 heavy (non-hydrogen) atoms. The van der Waals surface area contributed by atoms with Gasteiger partial charge in [-0.25, -0.2) is 0 Å². The summed E-state index contributed by atoms with van der Waals surface area (Å²) < 4.78 is 0. The average molecular weight is 477 g/mol. The highest BCUT2D eigenvalue weighted by Gasteiger charge is 2.39. The van der Waals surface area contributed by atoms with E-state index < -0.39 is 0 Å². The average Bonchev–Trinajstić information content (AvgIpc) is 3.36. The van der Waals surface area contributed by atoms with Crippen molar-refractivity contribution in [1.29, 1.82) is 0 Å². The maximum absolute atomic E-state index is 2.49. The fourth-order valence-corrected chi connectivity index (χ4v) is 7.05. The smallest absolute Gasteiger partial charge is 0.0155 e. The van der Waals surface area contributed by atoms with Gasteiger partial charge in [0.1, 0.15) is 0 Å². The lowest BCUT2D eigenvalue weighted by Gasteiger charge is -2.24. The fraction of sp³-hybridized carbons (Fsp3) is 0.189. The number of hydrogen-bond donors (Lipinski definition) is 0. The van der Waals surface area contributed by atoms with Crippen LogP contribution < -0.4 is 0 Å². The van der Waals surface area contributed by atoms with Crippen molar-refractivity contribution in [1.82, 2.24) is 0 Å². The lowest BCUT2D eigenvalue weighted by molar-refractivity contribution is 0.655. The van der Waals surface area contributed by atoms with Gasteiger partial charge in [-0.1, -0.05) is 115 Å². The normalized spacial score (nSPS) is 15.9. The van der Waals surface area contributed by atoms with E-state index in [1.165, 1.54) is 82.8 Å². The molecule has 5 aromatic rings. The minimum absolute atomic E-state index is 0.0308. The van der Waals surface area contributed by atoms with E-state index in [0.29, 0.717) is 0 Å². The van der Waals surface area contributed by atoms with E-state index in [2.05, 4.69) is 126 Å². The summed E-state index contributed by atoms with van der Waals surface area (Å²) in [5, 5.41) is 5.28. The third-order valence-corrected chi connectivity index (χ3v) is 8.59. The van der Waals surface area contributed by atoms with Crippen LogP contribution in [0.25, 0.3) is 49.4 Å².